The van der Waals surface area contributed by atoms with Gasteiger partial charge in [0.25, 0.3) is 5.91 Å². The topological polar surface area (TPSA) is 56.1 Å². The van der Waals surface area contributed by atoms with Crippen LogP contribution < -0.4 is 5.32 Å². The van der Waals surface area contributed by atoms with Gasteiger partial charge in [-0.3, -0.25) is 9.48 Å². The number of amides is 1. The molecule has 0 aromatic carbocycles. The van der Waals surface area contributed by atoms with Gasteiger partial charge in [-0.15, -0.1) is 0 Å². The molecule has 5 heteroatoms. The van der Waals surface area contributed by atoms with Crippen molar-refractivity contribution in [3.8, 4) is 0 Å². The monoisotopic (exact) mass is 291 g/mol. The molecule has 1 N–H and O–H groups in total. The standard InChI is InChI=1S/C16H25N3O2/c1-11-14(9-17-19(11)13-5-3-4-6-13)16(20)18-15-8-7-12(15)10-21-2/h9,12-13,15H,3-8,10H2,1-2H3,(H,18,20)/t12-,15-/m1/s1. The highest BCUT2D eigenvalue weighted by molar-refractivity contribution is 5.95. The van der Waals surface area contributed by atoms with Crippen molar-refractivity contribution < 1.29 is 9.53 Å². The minimum atomic E-state index is 0.0163. The van der Waals surface area contributed by atoms with Gasteiger partial charge in [-0.1, -0.05) is 12.8 Å². The second kappa shape index (κ2) is 6.18. The van der Waals surface area contributed by atoms with E-state index in [1.165, 1.54) is 25.7 Å². The Bertz CT molecular complexity index is 506. The Morgan fingerprint density at radius 2 is 2.14 bits per heavy atom. The quantitative estimate of drug-likeness (QED) is 0.906. The molecule has 0 unspecified atom stereocenters. The van der Waals surface area contributed by atoms with Crippen LogP contribution in [0.5, 0.6) is 0 Å². The fourth-order valence-electron chi connectivity index (χ4n) is 3.58. The maximum absolute atomic E-state index is 12.4. The lowest BCUT2D eigenvalue weighted by Crippen LogP contribution is -2.48. The fourth-order valence-corrected chi connectivity index (χ4v) is 3.58. The second-order valence-electron chi connectivity index (χ2n) is 6.40. The van der Waals surface area contributed by atoms with Crippen LogP contribution >= 0.6 is 0 Å². The molecule has 1 heterocycles. The zero-order valence-electron chi connectivity index (χ0n) is 13.0. The molecule has 0 bridgehead atoms. The first-order chi connectivity index (χ1) is 10.2. The van der Waals surface area contributed by atoms with Crippen LogP contribution in [0, 0.1) is 12.8 Å². The number of nitrogens with one attached hydrogen (secondary N) is 1. The summed E-state index contributed by atoms with van der Waals surface area (Å²) in [6, 6.07) is 0.739. The van der Waals surface area contributed by atoms with Crippen molar-refractivity contribution in [2.45, 2.75) is 57.5 Å². The molecule has 2 aliphatic rings. The Kier molecular flexibility index (Phi) is 4.29. The van der Waals surface area contributed by atoms with E-state index in [0.717, 1.165) is 30.7 Å². The van der Waals surface area contributed by atoms with Crippen LogP contribution in [0.4, 0.5) is 0 Å². The molecule has 0 spiro atoms. The minimum Gasteiger partial charge on any atom is -0.384 e. The van der Waals surface area contributed by atoms with E-state index in [-0.39, 0.29) is 11.9 Å². The SMILES string of the molecule is COC[C@H]1CC[C@H]1NC(=O)c1cnn(C2CCCC2)c1C. The van der Waals surface area contributed by atoms with E-state index in [4.69, 9.17) is 4.74 Å². The summed E-state index contributed by atoms with van der Waals surface area (Å²) in [5.41, 5.74) is 1.73. The summed E-state index contributed by atoms with van der Waals surface area (Å²) >= 11 is 0. The molecule has 0 saturated heterocycles. The van der Waals surface area contributed by atoms with E-state index >= 15 is 0 Å². The first-order valence-corrected chi connectivity index (χ1v) is 8.04. The number of hydrogen-bond donors (Lipinski definition) is 1. The molecule has 1 aromatic heterocycles. The molecule has 21 heavy (non-hydrogen) atoms. The molecule has 2 atom stereocenters. The highest BCUT2D eigenvalue weighted by Crippen LogP contribution is 2.31. The van der Waals surface area contributed by atoms with Gasteiger partial charge in [0.05, 0.1) is 24.4 Å². The minimum absolute atomic E-state index is 0.0163. The second-order valence-corrected chi connectivity index (χ2v) is 6.40. The maximum Gasteiger partial charge on any atom is 0.254 e. The highest BCUT2D eigenvalue weighted by Gasteiger charge is 2.33. The van der Waals surface area contributed by atoms with Gasteiger partial charge >= 0.3 is 0 Å². The number of methoxy groups -OCH3 is 1. The molecule has 5 nitrogen and oxygen atoms in total. The van der Waals surface area contributed by atoms with Crippen LogP contribution in [0.15, 0.2) is 6.20 Å². The maximum atomic E-state index is 12.4. The molecule has 2 saturated carbocycles. The number of rotatable bonds is 5. The van der Waals surface area contributed by atoms with Gasteiger partial charge in [0, 0.05) is 24.8 Å². The molecule has 3 rings (SSSR count). The van der Waals surface area contributed by atoms with Crippen LogP contribution in [0.25, 0.3) is 0 Å². The Labute approximate surface area is 126 Å². The molecule has 2 fully saturated rings. The molecule has 2 aliphatic carbocycles. The average Bonchev–Trinajstić information content (AvgIpc) is 3.09. The summed E-state index contributed by atoms with van der Waals surface area (Å²) in [4.78, 5) is 12.4. The largest absolute Gasteiger partial charge is 0.384 e. The van der Waals surface area contributed by atoms with Crippen molar-refractivity contribution >= 4 is 5.91 Å². The molecule has 1 amide bonds. The molecule has 0 radical (unpaired) electrons. The van der Waals surface area contributed by atoms with Crippen LogP contribution in [0.1, 0.15) is 60.6 Å². The van der Waals surface area contributed by atoms with Crippen molar-refractivity contribution in [1.29, 1.82) is 0 Å². The normalized spacial score (nSPS) is 25.8. The summed E-state index contributed by atoms with van der Waals surface area (Å²) in [5, 5.41) is 7.60. The number of carbonyl (C=O) groups excluding carboxylic acids is 1. The zero-order valence-corrected chi connectivity index (χ0v) is 13.0. The highest BCUT2D eigenvalue weighted by atomic mass is 16.5. The van der Waals surface area contributed by atoms with Crippen molar-refractivity contribution in [3.05, 3.63) is 17.5 Å². The van der Waals surface area contributed by atoms with Crippen molar-refractivity contribution in [2.24, 2.45) is 5.92 Å². The van der Waals surface area contributed by atoms with E-state index in [2.05, 4.69) is 15.1 Å². The number of nitrogens with zero attached hydrogens (tertiary/aromatic N) is 2. The predicted molar refractivity (Wildman–Crippen MR) is 80.3 cm³/mol. The third-order valence-corrected chi connectivity index (χ3v) is 5.07. The van der Waals surface area contributed by atoms with Gasteiger partial charge in [0.2, 0.25) is 0 Å². The van der Waals surface area contributed by atoms with E-state index in [1.54, 1.807) is 13.3 Å². The summed E-state index contributed by atoms with van der Waals surface area (Å²) in [6.07, 6.45) is 8.82. The summed E-state index contributed by atoms with van der Waals surface area (Å²) in [5.74, 6) is 0.478. The molecule has 0 aliphatic heterocycles. The fraction of sp³-hybridized carbons (Fsp3) is 0.750. The lowest BCUT2D eigenvalue weighted by atomic mass is 9.80. The van der Waals surface area contributed by atoms with Gasteiger partial charge < -0.3 is 10.1 Å². The Morgan fingerprint density at radius 3 is 2.76 bits per heavy atom. The van der Waals surface area contributed by atoms with Gasteiger partial charge in [0.15, 0.2) is 0 Å². The molecule has 1 aromatic rings. The van der Waals surface area contributed by atoms with Crippen LogP contribution in [-0.4, -0.2) is 35.4 Å². The lowest BCUT2D eigenvalue weighted by Gasteiger charge is -2.36. The number of aromatic nitrogens is 2. The summed E-state index contributed by atoms with van der Waals surface area (Å²) < 4.78 is 7.24. The third-order valence-electron chi connectivity index (χ3n) is 5.07. The third kappa shape index (κ3) is 2.84. The van der Waals surface area contributed by atoms with E-state index in [0.29, 0.717) is 12.0 Å². The molecular weight excluding hydrogens is 266 g/mol. The number of carbonyl (C=O) groups is 1. The molecular formula is C16H25N3O2. The Hall–Kier alpha value is -1.36. The summed E-state index contributed by atoms with van der Waals surface area (Å²) in [7, 11) is 1.72. The summed E-state index contributed by atoms with van der Waals surface area (Å²) in [6.45, 7) is 2.74. The van der Waals surface area contributed by atoms with Crippen LogP contribution in [-0.2, 0) is 4.74 Å². The van der Waals surface area contributed by atoms with Crippen LogP contribution in [0.2, 0.25) is 0 Å². The van der Waals surface area contributed by atoms with Crippen LogP contribution in [0.3, 0.4) is 0 Å². The van der Waals surface area contributed by atoms with E-state index < -0.39 is 0 Å². The lowest BCUT2D eigenvalue weighted by molar-refractivity contribution is 0.0670. The predicted octanol–water partition coefficient (Wildman–Crippen LogP) is 2.46. The number of ether oxygens (including phenoxy) is 1. The number of hydrogen-bond acceptors (Lipinski definition) is 3. The van der Waals surface area contributed by atoms with Gasteiger partial charge in [-0.2, -0.15) is 5.10 Å². The van der Waals surface area contributed by atoms with Crippen molar-refractivity contribution in [2.75, 3.05) is 13.7 Å². The van der Waals surface area contributed by atoms with Gasteiger partial charge in [0.1, 0.15) is 0 Å². The van der Waals surface area contributed by atoms with E-state index in [1.807, 2.05) is 6.92 Å². The van der Waals surface area contributed by atoms with Crippen molar-refractivity contribution in [1.82, 2.24) is 15.1 Å². The van der Waals surface area contributed by atoms with Gasteiger partial charge in [-0.25, -0.2) is 0 Å². The first kappa shape index (κ1) is 14.6. The van der Waals surface area contributed by atoms with E-state index in [9.17, 15) is 4.79 Å². The first-order valence-electron chi connectivity index (χ1n) is 8.04. The smallest absolute Gasteiger partial charge is 0.254 e. The average molecular weight is 291 g/mol. The van der Waals surface area contributed by atoms with Gasteiger partial charge in [-0.05, 0) is 32.6 Å². The Balaban J connectivity index is 1.65. The Morgan fingerprint density at radius 1 is 1.38 bits per heavy atom. The molecule has 116 valence electrons. The zero-order chi connectivity index (χ0) is 14.8. The van der Waals surface area contributed by atoms with Crippen molar-refractivity contribution in [3.63, 3.8) is 0 Å².